The van der Waals surface area contributed by atoms with Gasteiger partial charge in [0.15, 0.2) is 0 Å². The van der Waals surface area contributed by atoms with Crippen LogP contribution in [0.15, 0.2) is 18.2 Å². The van der Waals surface area contributed by atoms with Crippen molar-refractivity contribution in [1.29, 1.82) is 0 Å². The van der Waals surface area contributed by atoms with E-state index in [1.54, 1.807) is 7.11 Å². The minimum atomic E-state index is 0.215. The molecule has 0 bridgehead atoms. The minimum absolute atomic E-state index is 0.215. The average molecular weight is 318 g/mol. The molecule has 2 atom stereocenters. The number of nitrogens with one attached hydrogen (secondary N) is 3. The quantitative estimate of drug-likeness (QED) is 0.723. The normalized spacial score (nSPS) is 20.2. The summed E-state index contributed by atoms with van der Waals surface area (Å²) in [6.45, 7) is 2.62. The standard InChI is InChI=1S/C14H21Cl2N3O/c1-20-7-5-14(17-9-11-4-6-18-19-11)10-2-3-12(15)13(16)8-10/h2-3,8,11,14,17-19H,4-7,9H2,1H3. The van der Waals surface area contributed by atoms with Crippen molar-refractivity contribution < 1.29 is 4.74 Å². The van der Waals surface area contributed by atoms with Gasteiger partial charge in [-0.3, -0.25) is 10.9 Å². The Bertz CT molecular complexity index is 425. The minimum Gasteiger partial charge on any atom is -0.385 e. The van der Waals surface area contributed by atoms with E-state index in [2.05, 4.69) is 16.2 Å². The van der Waals surface area contributed by atoms with Crippen molar-refractivity contribution in [1.82, 2.24) is 16.2 Å². The van der Waals surface area contributed by atoms with E-state index < -0.39 is 0 Å². The van der Waals surface area contributed by atoms with Crippen LogP contribution >= 0.6 is 23.2 Å². The molecule has 0 radical (unpaired) electrons. The summed E-state index contributed by atoms with van der Waals surface area (Å²) in [5, 5.41) is 4.75. The lowest BCUT2D eigenvalue weighted by Gasteiger charge is -2.21. The molecule has 0 aromatic heterocycles. The van der Waals surface area contributed by atoms with E-state index in [0.717, 1.165) is 31.5 Å². The molecule has 1 fully saturated rings. The number of hydrogen-bond acceptors (Lipinski definition) is 4. The lowest BCUT2D eigenvalue weighted by Crippen LogP contribution is -2.39. The van der Waals surface area contributed by atoms with Gasteiger partial charge in [0.1, 0.15) is 0 Å². The SMILES string of the molecule is COCCC(NCC1CCNN1)c1ccc(Cl)c(Cl)c1. The van der Waals surface area contributed by atoms with Crippen LogP contribution in [0.2, 0.25) is 10.0 Å². The molecule has 0 saturated carbocycles. The molecule has 0 spiro atoms. The molecule has 2 unspecified atom stereocenters. The first-order valence-corrected chi connectivity index (χ1v) is 7.62. The Hall–Kier alpha value is -0.360. The van der Waals surface area contributed by atoms with Crippen LogP contribution in [0.5, 0.6) is 0 Å². The molecule has 1 aromatic carbocycles. The second-order valence-electron chi connectivity index (χ2n) is 4.97. The molecule has 1 aromatic rings. The van der Waals surface area contributed by atoms with Crippen molar-refractivity contribution in [2.24, 2.45) is 0 Å². The van der Waals surface area contributed by atoms with Gasteiger partial charge >= 0.3 is 0 Å². The second kappa shape index (κ2) is 8.17. The lowest BCUT2D eigenvalue weighted by atomic mass is 10.0. The van der Waals surface area contributed by atoms with Crippen LogP contribution in [-0.2, 0) is 4.74 Å². The van der Waals surface area contributed by atoms with Gasteiger partial charge in [-0.15, -0.1) is 0 Å². The predicted molar refractivity (Wildman–Crippen MR) is 83.2 cm³/mol. The smallest absolute Gasteiger partial charge is 0.0595 e. The number of ether oxygens (including phenoxy) is 1. The number of rotatable bonds is 7. The van der Waals surface area contributed by atoms with Crippen LogP contribution in [0.4, 0.5) is 0 Å². The Morgan fingerprint density at radius 1 is 1.40 bits per heavy atom. The van der Waals surface area contributed by atoms with Crippen molar-refractivity contribution in [3.63, 3.8) is 0 Å². The summed E-state index contributed by atoms with van der Waals surface area (Å²) in [6, 6.07) is 6.46. The fourth-order valence-corrected chi connectivity index (χ4v) is 2.63. The Labute approximate surface area is 130 Å². The van der Waals surface area contributed by atoms with E-state index in [-0.39, 0.29) is 6.04 Å². The van der Waals surface area contributed by atoms with Gasteiger partial charge in [0.25, 0.3) is 0 Å². The third-order valence-electron chi connectivity index (χ3n) is 3.49. The monoisotopic (exact) mass is 317 g/mol. The molecule has 1 heterocycles. The summed E-state index contributed by atoms with van der Waals surface area (Å²) in [6.07, 6.45) is 2.03. The molecule has 4 nitrogen and oxygen atoms in total. The fourth-order valence-electron chi connectivity index (χ4n) is 2.32. The predicted octanol–water partition coefficient (Wildman–Crippen LogP) is 2.53. The highest BCUT2D eigenvalue weighted by atomic mass is 35.5. The van der Waals surface area contributed by atoms with Gasteiger partial charge in [-0.05, 0) is 30.5 Å². The number of benzene rings is 1. The Morgan fingerprint density at radius 3 is 2.90 bits per heavy atom. The molecular formula is C14H21Cl2N3O. The van der Waals surface area contributed by atoms with Gasteiger partial charge < -0.3 is 10.1 Å². The fraction of sp³-hybridized carbons (Fsp3) is 0.571. The summed E-state index contributed by atoms with van der Waals surface area (Å²) >= 11 is 12.1. The molecule has 0 aliphatic carbocycles. The molecule has 3 N–H and O–H groups in total. The highest BCUT2D eigenvalue weighted by Gasteiger charge is 2.17. The Morgan fingerprint density at radius 2 is 2.25 bits per heavy atom. The van der Waals surface area contributed by atoms with Gasteiger partial charge in [-0.2, -0.15) is 0 Å². The van der Waals surface area contributed by atoms with Gasteiger partial charge in [-0.1, -0.05) is 29.3 Å². The van der Waals surface area contributed by atoms with Gasteiger partial charge in [0, 0.05) is 38.9 Å². The van der Waals surface area contributed by atoms with E-state index >= 15 is 0 Å². The molecule has 0 amide bonds. The van der Waals surface area contributed by atoms with Crippen LogP contribution in [-0.4, -0.2) is 32.8 Å². The van der Waals surface area contributed by atoms with E-state index in [4.69, 9.17) is 27.9 Å². The summed E-state index contributed by atoms with van der Waals surface area (Å²) in [4.78, 5) is 0. The van der Waals surface area contributed by atoms with Crippen LogP contribution < -0.4 is 16.2 Å². The second-order valence-corrected chi connectivity index (χ2v) is 5.79. The summed E-state index contributed by atoms with van der Waals surface area (Å²) in [5.74, 6) is 0. The van der Waals surface area contributed by atoms with Crippen molar-refractivity contribution in [3.05, 3.63) is 33.8 Å². The van der Waals surface area contributed by atoms with Gasteiger partial charge in [0.05, 0.1) is 10.0 Å². The van der Waals surface area contributed by atoms with Crippen LogP contribution in [0, 0.1) is 0 Å². The van der Waals surface area contributed by atoms with E-state index in [1.165, 1.54) is 0 Å². The zero-order chi connectivity index (χ0) is 14.4. The van der Waals surface area contributed by atoms with Crippen molar-refractivity contribution >= 4 is 23.2 Å². The van der Waals surface area contributed by atoms with Gasteiger partial charge in [0.2, 0.25) is 0 Å². The molecule has 2 rings (SSSR count). The number of hydrogen-bond donors (Lipinski definition) is 3. The highest BCUT2D eigenvalue weighted by molar-refractivity contribution is 6.42. The lowest BCUT2D eigenvalue weighted by molar-refractivity contribution is 0.182. The van der Waals surface area contributed by atoms with Crippen LogP contribution in [0.3, 0.4) is 0 Å². The summed E-state index contributed by atoms with van der Waals surface area (Å²) in [7, 11) is 1.72. The molecule has 20 heavy (non-hydrogen) atoms. The van der Waals surface area contributed by atoms with E-state index in [0.29, 0.717) is 22.7 Å². The maximum absolute atomic E-state index is 6.11. The van der Waals surface area contributed by atoms with Crippen LogP contribution in [0.25, 0.3) is 0 Å². The molecular weight excluding hydrogens is 297 g/mol. The molecule has 1 saturated heterocycles. The Balaban J connectivity index is 1.99. The van der Waals surface area contributed by atoms with Crippen LogP contribution in [0.1, 0.15) is 24.4 Å². The zero-order valence-corrected chi connectivity index (χ0v) is 13.1. The highest BCUT2D eigenvalue weighted by Crippen LogP contribution is 2.27. The summed E-state index contributed by atoms with van der Waals surface area (Å²) in [5.41, 5.74) is 7.53. The molecule has 1 aliphatic rings. The first kappa shape index (κ1) is 16.0. The molecule has 1 aliphatic heterocycles. The summed E-state index contributed by atoms with van der Waals surface area (Å²) < 4.78 is 5.19. The Kier molecular flexibility index (Phi) is 6.55. The first-order valence-electron chi connectivity index (χ1n) is 6.86. The maximum Gasteiger partial charge on any atom is 0.0595 e. The van der Waals surface area contributed by atoms with Crippen molar-refractivity contribution in [3.8, 4) is 0 Å². The molecule has 112 valence electrons. The van der Waals surface area contributed by atoms with E-state index in [1.807, 2.05) is 18.2 Å². The van der Waals surface area contributed by atoms with Gasteiger partial charge in [-0.25, -0.2) is 0 Å². The number of methoxy groups -OCH3 is 1. The van der Waals surface area contributed by atoms with Crippen molar-refractivity contribution in [2.45, 2.75) is 24.9 Å². The molecule has 6 heteroatoms. The topological polar surface area (TPSA) is 45.3 Å². The number of halogens is 2. The van der Waals surface area contributed by atoms with Crippen molar-refractivity contribution in [2.75, 3.05) is 26.8 Å². The van der Waals surface area contributed by atoms with E-state index in [9.17, 15) is 0 Å². The maximum atomic E-state index is 6.11. The zero-order valence-electron chi connectivity index (χ0n) is 11.6. The largest absolute Gasteiger partial charge is 0.385 e. The number of hydrazine groups is 1. The average Bonchev–Trinajstić information content (AvgIpc) is 2.95. The first-order chi connectivity index (χ1) is 9.70. The third-order valence-corrected chi connectivity index (χ3v) is 4.23. The third kappa shape index (κ3) is 4.58.